The Balaban J connectivity index is 0. The van der Waals surface area contributed by atoms with Crippen LogP contribution in [0.5, 0.6) is 0 Å². The van der Waals surface area contributed by atoms with E-state index in [4.69, 9.17) is 0 Å². The predicted molar refractivity (Wildman–Crippen MR) is 95.9 cm³/mol. The Hall–Kier alpha value is -1.82. The molecule has 0 unspecified atom stereocenters. The molecule has 0 heteroatoms. The summed E-state index contributed by atoms with van der Waals surface area (Å²) in [5.74, 6) is 0. The van der Waals surface area contributed by atoms with Crippen molar-refractivity contribution in [2.24, 2.45) is 0 Å². The van der Waals surface area contributed by atoms with Crippen LogP contribution in [0.25, 0.3) is 0 Å². The van der Waals surface area contributed by atoms with Crippen LogP contribution in [0.3, 0.4) is 0 Å². The number of hydrogen-bond acceptors (Lipinski definition) is 0. The molecule has 0 fully saturated rings. The van der Waals surface area contributed by atoms with Gasteiger partial charge in [-0.3, -0.25) is 0 Å². The van der Waals surface area contributed by atoms with Gasteiger partial charge in [0.1, 0.15) is 0 Å². The molecule has 0 N–H and O–H groups in total. The van der Waals surface area contributed by atoms with E-state index in [2.05, 4.69) is 50.5 Å². The Bertz CT molecular complexity index is 448. The zero-order valence-corrected chi connectivity index (χ0v) is 12.7. The van der Waals surface area contributed by atoms with Gasteiger partial charge in [0.2, 0.25) is 0 Å². The van der Waals surface area contributed by atoms with Gasteiger partial charge in [0, 0.05) is 0 Å². The number of hydrogen-bond donors (Lipinski definition) is 0. The SMILES string of the molecule is C.C=C(C)/C=C\C.C=C(C)/C=C\C1=CC=C(C)C=CC1. The van der Waals surface area contributed by atoms with Gasteiger partial charge < -0.3 is 0 Å². The van der Waals surface area contributed by atoms with E-state index >= 15 is 0 Å². The fourth-order valence-corrected chi connectivity index (χ4v) is 1.40. The second kappa shape index (κ2) is 12.2. The van der Waals surface area contributed by atoms with E-state index in [1.807, 2.05) is 39.0 Å². The molecule has 0 aromatic heterocycles. The Morgan fingerprint density at radius 3 is 2.15 bits per heavy atom. The summed E-state index contributed by atoms with van der Waals surface area (Å²) in [6.45, 7) is 15.6. The lowest BCUT2D eigenvalue weighted by Gasteiger charge is -1.93. The van der Waals surface area contributed by atoms with Gasteiger partial charge in [-0.25, -0.2) is 0 Å². The van der Waals surface area contributed by atoms with E-state index in [-0.39, 0.29) is 7.43 Å². The smallest absolute Gasteiger partial charge is 0.00942 e. The van der Waals surface area contributed by atoms with Crippen LogP contribution < -0.4 is 0 Å². The van der Waals surface area contributed by atoms with Crippen molar-refractivity contribution < 1.29 is 0 Å². The van der Waals surface area contributed by atoms with E-state index in [9.17, 15) is 0 Å². The third kappa shape index (κ3) is 12.6. The molecule has 0 spiro atoms. The van der Waals surface area contributed by atoms with Gasteiger partial charge in [-0.2, -0.15) is 0 Å². The first kappa shape index (κ1) is 20.5. The molecule has 0 radical (unpaired) electrons. The van der Waals surface area contributed by atoms with Crippen molar-refractivity contribution in [2.45, 2.75) is 41.5 Å². The van der Waals surface area contributed by atoms with Gasteiger partial charge in [-0.1, -0.05) is 85.9 Å². The first-order chi connectivity index (χ1) is 8.95. The molecular formula is C20H30. The van der Waals surface area contributed by atoms with Crippen molar-refractivity contribution in [1.82, 2.24) is 0 Å². The van der Waals surface area contributed by atoms with Gasteiger partial charge in [0.15, 0.2) is 0 Å². The second-order valence-electron chi connectivity index (χ2n) is 4.78. The fourth-order valence-electron chi connectivity index (χ4n) is 1.40. The summed E-state index contributed by atoms with van der Waals surface area (Å²) in [4.78, 5) is 0. The zero-order valence-electron chi connectivity index (χ0n) is 12.7. The topological polar surface area (TPSA) is 0 Å². The average Bonchev–Trinajstić information content (AvgIpc) is 2.52. The fraction of sp³-hybridized carbons (Fsp3) is 0.300. The van der Waals surface area contributed by atoms with E-state index in [0.717, 1.165) is 17.6 Å². The van der Waals surface area contributed by atoms with Crippen LogP contribution in [0.4, 0.5) is 0 Å². The lowest BCUT2D eigenvalue weighted by Crippen LogP contribution is -1.73. The summed E-state index contributed by atoms with van der Waals surface area (Å²) in [6, 6.07) is 0. The molecule has 0 saturated carbocycles. The molecule has 0 aromatic carbocycles. The van der Waals surface area contributed by atoms with Crippen LogP contribution in [0.15, 0.2) is 84.1 Å². The third-order valence-electron chi connectivity index (χ3n) is 2.33. The Kier molecular flexibility index (Phi) is 12.5. The molecule has 0 bridgehead atoms. The van der Waals surface area contributed by atoms with Crippen LogP contribution in [0.1, 0.15) is 41.5 Å². The van der Waals surface area contributed by atoms with Crippen molar-refractivity contribution in [1.29, 1.82) is 0 Å². The molecule has 0 heterocycles. The summed E-state index contributed by atoms with van der Waals surface area (Å²) < 4.78 is 0. The van der Waals surface area contributed by atoms with Gasteiger partial charge >= 0.3 is 0 Å². The van der Waals surface area contributed by atoms with Crippen LogP contribution in [-0.2, 0) is 0 Å². The van der Waals surface area contributed by atoms with Gasteiger partial charge in [0.05, 0.1) is 0 Å². The minimum atomic E-state index is 0. The molecule has 0 nitrogen and oxygen atoms in total. The Morgan fingerprint density at radius 2 is 1.70 bits per heavy atom. The highest BCUT2D eigenvalue weighted by atomic mass is 14.0. The van der Waals surface area contributed by atoms with Crippen LogP contribution in [0.2, 0.25) is 0 Å². The maximum atomic E-state index is 3.83. The van der Waals surface area contributed by atoms with E-state index in [1.165, 1.54) is 11.1 Å². The molecule has 20 heavy (non-hydrogen) atoms. The van der Waals surface area contributed by atoms with Crippen molar-refractivity contribution in [3.05, 3.63) is 84.1 Å². The first-order valence-electron chi connectivity index (χ1n) is 6.61. The minimum absolute atomic E-state index is 0. The molecule has 0 aliphatic heterocycles. The van der Waals surface area contributed by atoms with Gasteiger partial charge in [0.25, 0.3) is 0 Å². The van der Waals surface area contributed by atoms with Gasteiger partial charge in [-0.05, 0) is 39.7 Å². The molecule has 1 rings (SSSR count). The van der Waals surface area contributed by atoms with Crippen molar-refractivity contribution in [3.8, 4) is 0 Å². The molecule has 110 valence electrons. The highest BCUT2D eigenvalue weighted by Crippen LogP contribution is 2.12. The first-order valence-corrected chi connectivity index (χ1v) is 6.61. The monoisotopic (exact) mass is 270 g/mol. The minimum Gasteiger partial charge on any atom is -0.0961 e. The zero-order chi connectivity index (χ0) is 14.7. The predicted octanol–water partition coefficient (Wildman–Crippen LogP) is 6.73. The van der Waals surface area contributed by atoms with Crippen molar-refractivity contribution >= 4 is 0 Å². The molecule has 0 atom stereocenters. The Morgan fingerprint density at radius 1 is 1.10 bits per heavy atom. The summed E-state index contributed by atoms with van der Waals surface area (Å²) in [6.07, 6.45) is 17.8. The highest BCUT2D eigenvalue weighted by molar-refractivity contribution is 5.36. The lowest BCUT2D eigenvalue weighted by atomic mass is 10.1. The van der Waals surface area contributed by atoms with Crippen molar-refractivity contribution in [2.75, 3.05) is 0 Å². The number of rotatable bonds is 3. The van der Waals surface area contributed by atoms with Crippen LogP contribution in [0, 0.1) is 0 Å². The second-order valence-corrected chi connectivity index (χ2v) is 4.78. The molecule has 1 aliphatic carbocycles. The Labute approximate surface area is 126 Å². The molecular weight excluding hydrogens is 240 g/mol. The van der Waals surface area contributed by atoms with Crippen LogP contribution >= 0.6 is 0 Å². The van der Waals surface area contributed by atoms with E-state index in [0.29, 0.717) is 0 Å². The standard InChI is InChI=1S/C13H16.C6H10.CH4/c1-11(2)7-9-13-6-4-5-12(3)8-10-13;1-4-5-6(2)3;/h4-5,7-10H,1,6H2,2-3H3;4-5H,2H2,1,3H3;1H4/b9-7-;5-4-;. The summed E-state index contributed by atoms with van der Waals surface area (Å²) in [5, 5.41) is 0. The largest absolute Gasteiger partial charge is 0.0961 e. The van der Waals surface area contributed by atoms with E-state index in [1.54, 1.807) is 0 Å². The maximum absolute atomic E-state index is 3.83. The average molecular weight is 270 g/mol. The van der Waals surface area contributed by atoms with Crippen LogP contribution in [-0.4, -0.2) is 0 Å². The normalized spacial score (nSPS) is 13.8. The summed E-state index contributed by atoms with van der Waals surface area (Å²) >= 11 is 0. The quantitative estimate of drug-likeness (QED) is 0.499. The summed E-state index contributed by atoms with van der Waals surface area (Å²) in [5.41, 5.74) is 4.84. The molecule has 0 saturated heterocycles. The summed E-state index contributed by atoms with van der Waals surface area (Å²) in [7, 11) is 0. The van der Waals surface area contributed by atoms with Gasteiger partial charge in [-0.15, -0.1) is 0 Å². The third-order valence-corrected chi connectivity index (χ3v) is 2.33. The lowest BCUT2D eigenvalue weighted by molar-refractivity contribution is 1.29. The number of allylic oxidation sites excluding steroid dienone is 12. The molecule has 1 aliphatic rings. The molecule has 0 aromatic rings. The highest BCUT2D eigenvalue weighted by Gasteiger charge is 1.92. The molecule has 0 amide bonds. The van der Waals surface area contributed by atoms with Crippen molar-refractivity contribution in [3.63, 3.8) is 0 Å². The van der Waals surface area contributed by atoms with E-state index < -0.39 is 0 Å². The maximum Gasteiger partial charge on any atom is -0.00942 e.